The van der Waals surface area contributed by atoms with Gasteiger partial charge in [-0.25, -0.2) is 4.68 Å². The van der Waals surface area contributed by atoms with Gasteiger partial charge in [0.15, 0.2) is 5.69 Å². The molecule has 5 nitrogen and oxygen atoms in total. The molecule has 0 aliphatic carbocycles. The van der Waals surface area contributed by atoms with E-state index in [1.54, 1.807) is 6.07 Å². The predicted molar refractivity (Wildman–Crippen MR) is 97.5 cm³/mol. The maximum absolute atomic E-state index is 12.7. The number of carbonyl (C=O) groups excluding carboxylic acids is 1. The second-order valence-electron chi connectivity index (χ2n) is 6.16. The average molecular weight is 428 g/mol. The van der Waals surface area contributed by atoms with Gasteiger partial charge in [-0.2, -0.15) is 31.4 Å². The van der Waals surface area contributed by atoms with Crippen LogP contribution in [0.25, 0.3) is 5.69 Å². The van der Waals surface area contributed by atoms with Crippen LogP contribution in [-0.4, -0.2) is 28.4 Å². The zero-order chi connectivity index (χ0) is 21.9. The number of hydrogen-bond acceptors (Lipinski definition) is 3. The zero-order valence-corrected chi connectivity index (χ0v) is 15.1. The van der Waals surface area contributed by atoms with E-state index in [1.165, 1.54) is 42.5 Å². The number of rotatable bonds is 5. The van der Waals surface area contributed by atoms with Crippen molar-refractivity contribution in [3.05, 3.63) is 72.1 Å². The molecule has 1 heterocycles. The fraction of sp³-hybridized carbons (Fsp3) is 0.158. The van der Waals surface area contributed by atoms with Crippen LogP contribution in [-0.2, 0) is 6.18 Å². The first kappa shape index (κ1) is 21.2. The maximum atomic E-state index is 12.7. The minimum atomic E-state index is -4.57. The molecule has 0 radical (unpaired) electrons. The number of alkyl halides is 6. The van der Waals surface area contributed by atoms with Crippen molar-refractivity contribution in [2.24, 2.45) is 0 Å². The first-order valence-corrected chi connectivity index (χ1v) is 8.47. The molecular weight excluding hydrogens is 414 g/mol. The summed E-state index contributed by atoms with van der Waals surface area (Å²) in [5.74, 6) is -0.598. The molecule has 3 rings (SSSR count). The number of carbonyl (C=O) groups is 1. The Hall–Kier alpha value is -3.50. The van der Waals surface area contributed by atoms with Gasteiger partial charge in [0.05, 0.1) is 17.1 Å². The third-order valence-electron chi connectivity index (χ3n) is 3.93. The Balaban J connectivity index is 1.72. The quantitative estimate of drug-likeness (QED) is 0.555. The number of anilines is 2. The summed E-state index contributed by atoms with van der Waals surface area (Å²) in [4.78, 5) is 12.4. The zero-order valence-electron chi connectivity index (χ0n) is 15.1. The molecule has 158 valence electrons. The first-order chi connectivity index (χ1) is 14.0. The highest BCUT2D eigenvalue weighted by atomic mass is 19.4. The van der Waals surface area contributed by atoms with Crippen molar-refractivity contribution in [2.75, 3.05) is 17.2 Å². The molecular formula is C19H14F6N4O. The summed E-state index contributed by atoms with van der Waals surface area (Å²) in [5, 5.41) is 8.16. The molecule has 0 aliphatic rings. The predicted octanol–water partition coefficient (Wildman–Crippen LogP) is 5.12. The number of nitrogens with one attached hydrogen (secondary N) is 2. The topological polar surface area (TPSA) is 59.0 Å². The van der Waals surface area contributed by atoms with Gasteiger partial charge in [-0.05, 0) is 42.5 Å². The molecule has 30 heavy (non-hydrogen) atoms. The molecule has 2 aromatic carbocycles. The Bertz CT molecular complexity index is 1020. The lowest BCUT2D eigenvalue weighted by Gasteiger charge is -2.14. The Kier molecular flexibility index (Phi) is 5.72. The largest absolute Gasteiger partial charge is 0.435 e. The molecule has 2 N–H and O–H groups in total. The average Bonchev–Trinajstić information content (AvgIpc) is 3.17. The highest BCUT2D eigenvalue weighted by Crippen LogP contribution is 2.28. The van der Waals surface area contributed by atoms with Gasteiger partial charge in [-0.15, -0.1) is 0 Å². The van der Waals surface area contributed by atoms with E-state index in [0.29, 0.717) is 5.69 Å². The molecule has 0 bridgehead atoms. The fourth-order valence-electron chi connectivity index (χ4n) is 2.52. The van der Waals surface area contributed by atoms with Crippen molar-refractivity contribution >= 4 is 17.3 Å². The Morgan fingerprint density at radius 2 is 1.53 bits per heavy atom. The number of hydrogen-bond donors (Lipinski definition) is 2. The van der Waals surface area contributed by atoms with Crippen molar-refractivity contribution < 1.29 is 31.1 Å². The number of para-hydroxylation sites is 2. The number of benzene rings is 2. The summed E-state index contributed by atoms with van der Waals surface area (Å²) >= 11 is 0. The summed E-state index contributed by atoms with van der Waals surface area (Å²) in [6, 6.07) is 12.2. The minimum Gasteiger partial charge on any atom is -0.375 e. The van der Waals surface area contributed by atoms with Gasteiger partial charge in [0.1, 0.15) is 6.54 Å². The van der Waals surface area contributed by atoms with Gasteiger partial charge in [-0.1, -0.05) is 12.1 Å². The molecule has 0 fully saturated rings. The number of amides is 1. The van der Waals surface area contributed by atoms with Crippen LogP contribution in [0.1, 0.15) is 16.1 Å². The van der Waals surface area contributed by atoms with Crippen LogP contribution in [0.4, 0.5) is 37.7 Å². The molecule has 0 unspecified atom stereocenters. The van der Waals surface area contributed by atoms with E-state index >= 15 is 0 Å². The minimum absolute atomic E-state index is 0.0935. The van der Waals surface area contributed by atoms with E-state index in [9.17, 15) is 31.1 Å². The summed E-state index contributed by atoms with van der Waals surface area (Å²) in [6.07, 6.45) is -7.86. The second kappa shape index (κ2) is 8.09. The Labute approximate surface area is 166 Å². The van der Waals surface area contributed by atoms with E-state index in [4.69, 9.17) is 0 Å². The summed E-state index contributed by atoms with van der Waals surface area (Å²) in [6.45, 7) is -1.27. The smallest absolute Gasteiger partial charge is 0.375 e. The fourth-order valence-corrected chi connectivity index (χ4v) is 2.52. The Morgan fingerprint density at radius 3 is 2.10 bits per heavy atom. The van der Waals surface area contributed by atoms with Crippen LogP contribution in [0.2, 0.25) is 0 Å². The van der Waals surface area contributed by atoms with Gasteiger partial charge in [0.25, 0.3) is 5.91 Å². The van der Waals surface area contributed by atoms with Crippen LogP contribution >= 0.6 is 0 Å². The van der Waals surface area contributed by atoms with Gasteiger partial charge in [-0.3, -0.25) is 4.79 Å². The lowest BCUT2D eigenvalue weighted by molar-refractivity contribution is -0.141. The first-order valence-electron chi connectivity index (χ1n) is 8.47. The summed E-state index contributed by atoms with van der Waals surface area (Å²) < 4.78 is 76.2. The van der Waals surface area contributed by atoms with Crippen LogP contribution in [0.15, 0.2) is 60.8 Å². The van der Waals surface area contributed by atoms with Crippen LogP contribution in [0, 0.1) is 0 Å². The van der Waals surface area contributed by atoms with Crippen LogP contribution < -0.4 is 10.6 Å². The molecule has 11 heteroatoms. The third-order valence-corrected chi connectivity index (χ3v) is 3.93. The molecule has 0 atom stereocenters. The molecule has 1 amide bonds. The van der Waals surface area contributed by atoms with Crippen molar-refractivity contribution in [1.29, 1.82) is 0 Å². The second-order valence-corrected chi connectivity index (χ2v) is 6.16. The van der Waals surface area contributed by atoms with E-state index in [2.05, 4.69) is 15.7 Å². The summed E-state index contributed by atoms with van der Waals surface area (Å²) in [7, 11) is 0. The lowest BCUT2D eigenvalue weighted by Crippen LogP contribution is -2.22. The van der Waals surface area contributed by atoms with Gasteiger partial charge in [0.2, 0.25) is 0 Å². The SMILES string of the molecule is O=C(Nc1ccccc1NCC(F)(F)F)c1ccc(-n2ccc(C(F)(F)F)n2)cc1. The number of nitrogens with zero attached hydrogens (tertiary/aromatic N) is 2. The number of halogens is 6. The molecule has 0 aliphatic heterocycles. The van der Waals surface area contributed by atoms with Crippen molar-refractivity contribution in [3.8, 4) is 5.69 Å². The highest BCUT2D eigenvalue weighted by molar-refractivity contribution is 6.06. The standard InChI is InChI=1S/C19H14F6N4O/c20-18(21,22)11-26-14-3-1-2-4-15(14)27-17(30)12-5-7-13(8-6-12)29-10-9-16(28-29)19(23,24)25/h1-10,26H,11H2,(H,27,30). The van der Waals surface area contributed by atoms with E-state index < -0.39 is 30.5 Å². The van der Waals surface area contributed by atoms with Gasteiger partial charge in [0, 0.05) is 11.8 Å². The van der Waals surface area contributed by atoms with E-state index in [1.807, 2.05) is 0 Å². The number of aromatic nitrogens is 2. The molecule has 0 saturated heterocycles. The summed E-state index contributed by atoms with van der Waals surface area (Å²) in [5.41, 5.74) is -0.345. The molecule has 3 aromatic rings. The van der Waals surface area contributed by atoms with Gasteiger partial charge >= 0.3 is 12.4 Å². The molecule has 1 aromatic heterocycles. The Morgan fingerprint density at radius 1 is 0.900 bits per heavy atom. The van der Waals surface area contributed by atoms with E-state index in [0.717, 1.165) is 16.9 Å². The molecule has 0 spiro atoms. The van der Waals surface area contributed by atoms with Crippen LogP contribution in [0.3, 0.4) is 0 Å². The maximum Gasteiger partial charge on any atom is 0.435 e. The van der Waals surface area contributed by atoms with Gasteiger partial charge < -0.3 is 10.6 Å². The van der Waals surface area contributed by atoms with E-state index in [-0.39, 0.29) is 16.9 Å². The van der Waals surface area contributed by atoms with Crippen LogP contribution in [0.5, 0.6) is 0 Å². The normalized spacial score (nSPS) is 11.9. The monoisotopic (exact) mass is 428 g/mol. The van der Waals surface area contributed by atoms with Crippen molar-refractivity contribution in [1.82, 2.24) is 9.78 Å². The lowest BCUT2D eigenvalue weighted by atomic mass is 10.2. The third kappa shape index (κ3) is 5.31. The van der Waals surface area contributed by atoms with Crippen molar-refractivity contribution in [2.45, 2.75) is 12.4 Å². The van der Waals surface area contributed by atoms with Crippen molar-refractivity contribution in [3.63, 3.8) is 0 Å². The molecule has 0 saturated carbocycles. The highest BCUT2D eigenvalue weighted by Gasteiger charge is 2.33.